The fraction of sp³-hybridized carbons (Fsp3) is 0.406. The van der Waals surface area contributed by atoms with Crippen LogP contribution in [0.5, 0.6) is 23.0 Å². The largest absolute Gasteiger partial charge is 0.497 e. The molecule has 0 spiro atoms. The molecule has 1 atom stereocenters. The highest BCUT2D eigenvalue weighted by atomic mass is 35.5. The Balaban J connectivity index is 0.00000484. The molecule has 8 nitrogen and oxygen atoms in total. The molecule has 0 saturated heterocycles. The lowest BCUT2D eigenvalue weighted by Crippen LogP contribution is -2.47. The van der Waals surface area contributed by atoms with Gasteiger partial charge in [0, 0.05) is 31.2 Å². The third kappa shape index (κ3) is 7.26. The van der Waals surface area contributed by atoms with Crippen LogP contribution in [0, 0.1) is 0 Å². The maximum Gasteiger partial charge on any atom is 0.274 e. The third-order valence-electron chi connectivity index (χ3n) is 7.32. The molecule has 0 bridgehead atoms. The van der Waals surface area contributed by atoms with Crippen molar-refractivity contribution in [2.75, 3.05) is 67.1 Å². The van der Waals surface area contributed by atoms with Crippen molar-refractivity contribution < 1.29 is 28.5 Å². The van der Waals surface area contributed by atoms with E-state index in [9.17, 15) is 4.79 Å². The first-order valence-electron chi connectivity index (χ1n) is 13.7. The topological polar surface area (TPSA) is 69.7 Å². The Morgan fingerprint density at radius 2 is 1.60 bits per heavy atom. The second kappa shape index (κ2) is 15.4. The van der Waals surface area contributed by atoms with Gasteiger partial charge in [0.1, 0.15) is 11.5 Å². The van der Waals surface area contributed by atoms with E-state index >= 15 is 0 Å². The number of nitrogens with zero attached hydrogens (tertiary/aromatic N) is 2. The smallest absolute Gasteiger partial charge is 0.274 e. The van der Waals surface area contributed by atoms with Crippen LogP contribution in [0.25, 0.3) is 0 Å². The molecule has 3 aromatic carbocycles. The van der Waals surface area contributed by atoms with E-state index in [1.165, 1.54) is 17.3 Å². The molecule has 228 valence electrons. The fourth-order valence-corrected chi connectivity index (χ4v) is 6.25. The van der Waals surface area contributed by atoms with Gasteiger partial charge in [-0.15, -0.1) is 12.4 Å². The van der Waals surface area contributed by atoms with E-state index in [0.717, 1.165) is 54.4 Å². The van der Waals surface area contributed by atoms with Crippen LogP contribution in [0.1, 0.15) is 24.0 Å². The molecular formula is C32H41ClN2O6S. The van der Waals surface area contributed by atoms with Gasteiger partial charge in [-0.1, -0.05) is 30.0 Å². The molecule has 3 aromatic rings. The minimum absolute atomic E-state index is 0. The summed E-state index contributed by atoms with van der Waals surface area (Å²) in [6.07, 6.45) is 2.77. The number of carbonyl (C=O) groups is 1. The molecule has 0 N–H and O–H groups in total. The lowest BCUT2D eigenvalue weighted by Gasteiger charge is -2.40. The van der Waals surface area contributed by atoms with Gasteiger partial charge in [0.2, 0.25) is 4.93 Å². The molecule has 0 aromatic heterocycles. The van der Waals surface area contributed by atoms with E-state index < -0.39 is 4.93 Å². The number of halogens is 1. The second-order valence-electron chi connectivity index (χ2n) is 9.91. The van der Waals surface area contributed by atoms with Crippen molar-refractivity contribution in [3.8, 4) is 23.0 Å². The van der Waals surface area contributed by atoms with E-state index in [1.54, 1.807) is 40.4 Å². The summed E-state index contributed by atoms with van der Waals surface area (Å²) in [4.78, 5) is 17.4. The van der Waals surface area contributed by atoms with Crippen molar-refractivity contribution in [1.82, 2.24) is 4.90 Å². The molecule has 1 amide bonds. The molecule has 1 aliphatic rings. The molecule has 1 unspecified atom stereocenters. The molecule has 0 fully saturated rings. The van der Waals surface area contributed by atoms with E-state index in [-0.39, 0.29) is 18.3 Å². The number of anilines is 1. The molecule has 0 saturated carbocycles. The summed E-state index contributed by atoms with van der Waals surface area (Å²) in [6.45, 7) is 2.40. The zero-order valence-corrected chi connectivity index (χ0v) is 26.8. The molecule has 42 heavy (non-hydrogen) atoms. The highest BCUT2D eigenvalue weighted by Crippen LogP contribution is 2.53. The number of hydrogen-bond donors (Lipinski definition) is 0. The lowest BCUT2D eigenvalue weighted by molar-refractivity contribution is -0.131. The summed E-state index contributed by atoms with van der Waals surface area (Å²) in [5.74, 6) is 2.57. The van der Waals surface area contributed by atoms with Crippen LogP contribution in [-0.2, 0) is 20.9 Å². The quantitative estimate of drug-likeness (QED) is 0.203. The lowest BCUT2D eigenvalue weighted by atomic mass is 10.0. The van der Waals surface area contributed by atoms with Crippen LogP contribution < -0.4 is 23.8 Å². The Bertz CT molecular complexity index is 1340. The number of rotatable bonds is 14. The number of ether oxygens (including phenoxy) is 5. The van der Waals surface area contributed by atoms with Crippen molar-refractivity contribution in [3.63, 3.8) is 0 Å². The first-order valence-corrected chi connectivity index (χ1v) is 14.5. The summed E-state index contributed by atoms with van der Waals surface area (Å²) in [6, 6.07) is 19.4. The van der Waals surface area contributed by atoms with E-state index in [0.29, 0.717) is 23.7 Å². The summed E-state index contributed by atoms with van der Waals surface area (Å²) in [7, 11) is 10.4. The number of fused-ring (bicyclic) bond motifs is 1. The van der Waals surface area contributed by atoms with Crippen molar-refractivity contribution in [2.45, 2.75) is 29.1 Å². The molecular weight excluding hydrogens is 576 g/mol. The van der Waals surface area contributed by atoms with Crippen LogP contribution in [-0.4, -0.2) is 73.0 Å². The Kier molecular flexibility index (Phi) is 12.2. The molecule has 1 heterocycles. The number of unbranched alkanes of at least 4 members (excludes halogenated alkanes) is 1. The zero-order valence-electron chi connectivity index (χ0n) is 25.2. The predicted molar refractivity (Wildman–Crippen MR) is 170 cm³/mol. The van der Waals surface area contributed by atoms with Gasteiger partial charge in [-0.25, -0.2) is 0 Å². The number of likely N-dealkylation sites (N-methyl/N-ethyl adjacent to an activating group) is 2. The summed E-state index contributed by atoms with van der Waals surface area (Å²) in [5, 5.41) is 0. The van der Waals surface area contributed by atoms with Crippen molar-refractivity contribution in [3.05, 3.63) is 71.8 Å². The molecule has 0 radical (unpaired) electrons. The Hall–Kier alpha value is -3.11. The third-order valence-corrected chi connectivity index (χ3v) is 8.73. The minimum Gasteiger partial charge on any atom is -0.497 e. The van der Waals surface area contributed by atoms with Gasteiger partial charge in [0.25, 0.3) is 5.91 Å². The summed E-state index contributed by atoms with van der Waals surface area (Å²) in [5.41, 5.74) is 2.71. The van der Waals surface area contributed by atoms with Crippen LogP contribution in [0.4, 0.5) is 5.69 Å². The number of hydrogen-bond acceptors (Lipinski definition) is 8. The van der Waals surface area contributed by atoms with Crippen molar-refractivity contribution in [2.24, 2.45) is 0 Å². The van der Waals surface area contributed by atoms with Crippen molar-refractivity contribution >= 4 is 35.8 Å². The average Bonchev–Trinajstić information content (AvgIpc) is 3.01. The van der Waals surface area contributed by atoms with Gasteiger partial charge >= 0.3 is 0 Å². The van der Waals surface area contributed by atoms with E-state index in [2.05, 4.69) is 18.0 Å². The Morgan fingerprint density at radius 1 is 0.857 bits per heavy atom. The van der Waals surface area contributed by atoms with Gasteiger partial charge in [0.15, 0.2) is 11.5 Å². The van der Waals surface area contributed by atoms with E-state index in [1.807, 2.05) is 54.6 Å². The van der Waals surface area contributed by atoms with Crippen LogP contribution >= 0.6 is 24.2 Å². The highest BCUT2D eigenvalue weighted by molar-refractivity contribution is 8.01. The maximum atomic E-state index is 13.7. The first-order chi connectivity index (χ1) is 19.9. The van der Waals surface area contributed by atoms with Crippen LogP contribution in [0.3, 0.4) is 0 Å². The predicted octanol–water partition coefficient (Wildman–Crippen LogP) is 6.04. The van der Waals surface area contributed by atoms with Gasteiger partial charge in [-0.2, -0.15) is 0 Å². The first kappa shape index (κ1) is 33.4. The van der Waals surface area contributed by atoms with Gasteiger partial charge in [-0.05, 0) is 80.9 Å². The van der Waals surface area contributed by atoms with Crippen molar-refractivity contribution in [1.29, 1.82) is 0 Å². The average molecular weight is 617 g/mol. The van der Waals surface area contributed by atoms with Gasteiger partial charge < -0.3 is 33.5 Å². The highest BCUT2D eigenvalue weighted by Gasteiger charge is 2.50. The van der Waals surface area contributed by atoms with Crippen LogP contribution in [0.15, 0.2) is 65.6 Å². The second-order valence-corrected chi connectivity index (χ2v) is 11.1. The number of methoxy groups -OCH3 is 4. The summed E-state index contributed by atoms with van der Waals surface area (Å²) >= 11 is 1.39. The SMILES string of the molecule is COc1ccc(OCCCCN(C)CCc2ccc(OC)c(OC)c2)c(C2(OC)Sc3ccccc3N(C)C2=O)c1.Cl. The fourth-order valence-electron chi connectivity index (χ4n) is 4.91. The minimum atomic E-state index is -1.29. The maximum absolute atomic E-state index is 13.7. The van der Waals surface area contributed by atoms with Crippen LogP contribution in [0.2, 0.25) is 0 Å². The standard InChI is InChI=1S/C32H40N2O6S.ClH/c1-33(19-17-23-13-15-28(37-4)29(21-23)38-5)18-9-10-20-40-27-16-14-24(36-3)22-25(27)32(39-6)31(35)34(2)26-11-7-8-12-30(26)41-32;/h7-8,11-16,21-22H,9-10,17-20H2,1-6H3;1H. The summed E-state index contributed by atoms with van der Waals surface area (Å²) < 4.78 is 28.6. The molecule has 10 heteroatoms. The van der Waals surface area contributed by atoms with Gasteiger partial charge in [0.05, 0.1) is 33.6 Å². The van der Waals surface area contributed by atoms with E-state index in [4.69, 9.17) is 23.7 Å². The Labute approximate surface area is 259 Å². The number of benzene rings is 3. The Morgan fingerprint density at radius 3 is 2.31 bits per heavy atom. The molecule has 1 aliphatic heterocycles. The molecule has 4 rings (SSSR count). The number of amides is 1. The number of para-hydroxylation sites is 1. The molecule has 0 aliphatic carbocycles. The van der Waals surface area contributed by atoms with Gasteiger partial charge in [-0.3, -0.25) is 4.79 Å². The number of thioether (sulfide) groups is 1. The number of carbonyl (C=O) groups excluding carboxylic acids is 1. The normalized spacial score (nSPS) is 16.1. The zero-order chi connectivity index (χ0) is 29.4. The monoisotopic (exact) mass is 616 g/mol.